The van der Waals surface area contributed by atoms with Crippen LogP contribution in [0, 0.1) is 29.6 Å². The summed E-state index contributed by atoms with van der Waals surface area (Å²) in [7, 11) is 0. The second-order valence-corrected chi connectivity index (χ2v) is 38.1. The van der Waals surface area contributed by atoms with Gasteiger partial charge in [0.05, 0.1) is 79.8 Å². The number of aliphatic hydroxyl groups excluding tert-OH is 2. The number of ether oxygens (including phenoxy) is 6. The summed E-state index contributed by atoms with van der Waals surface area (Å²) in [5, 5.41) is 63.0. The molecule has 23 N–H and O–H groups in total. The van der Waals surface area contributed by atoms with Crippen molar-refractivity contribution in [2.45, 2.75) is 248 Å². The van der Waals surface area contributed by atoms with E-state index in [1.54, 1.807) is 39.8 Å². The first-order valence-electron chi connectivity index (χ1n) is 46.8. The van der Waals surface area contributed by atoms with Gasteiger partial charge < -0.3 is 145 Å². The van der Waals surface area contributed by atoms with Gasteiger partial charge in [-0.1, -0.05) is 54.4 Å². The molecule has 5 aliphatic heterocycles. The first-order valence-corrected chi connectivity index (χ1v) is 48.8. The van der Waals surface area contributed by atoms with Gasteiger partial charge in [0.15, 0.2) is 5.78 Å². The lowest BCUT2D eigenvalue weighted by atomic mass is 9.85. The number of carbonyl (C=O) groups is 24. The number of aromatic amines is 2. The predicted molar refractivity (Wildman–Crippen MR) is 510 cm³/mol. The van der Waals surface area contributed by atoms with Crippen LogP contribution in [-0.2, 0) is 147 Å². The van der Waals surface area contributed by atoms with E-state index in [1.165, 1.54) is 52.0 Å². The Morgan fingerprint density at radius 2 is 1.01 bits per heavy atom. The van der Waals surface area contributed by atoms with E-state index < -0.39 is 354 Å². The molecule has 2 saturated heterocycles. The second-order valence-electron chi connectivity index (χ2n) is 36.0. The fourth-order valence-electron chi connectivity index (χ4n) is 16.7. The van der Waals surface area contributed by atoms with Crippen molar-refractivity contribution in [3.05, 3.63) is 47.5 Å². The van der Waals surface area contributed by atoms with Crippen molar-refractivity contribution in [2.75, 3.05) is 64.0 Å². The number of amides is 16. The number of esters is 6. The third kappa shape index (κ3) is 33.8. The summed E-state index contributed by atoms with van der Waals surface area (Å²) in [4.78, 5) is 327. The van der Waals surface area contributed by atoms with Crippen molar-refractivity contribution >= 4 is 187 Å². The summed E-state index contributed by atoms with van der Waals surface area (Å²) in [5.41, 5.74) is 19.1. The number of carboxylic acids is 1. The number of hydrogen-bond acceptors (Lipinski definition) is 35. The van der Waals surface area contributed by atoms with Gasteiger partial charge in [0.1, 0.15) is 85.3 Å². The first-order chi connectivity index (χ1) is 68.7. The summed E-state index contributed by atoms with van der Waals surface area (Å²) in [6.07, 6.45) is -9.02. The largest absolute Gasteiger partial charge is 0.481 e. The molecule has 4 aromatic rings. The summed E-state index contributed by atoms with van der Waals surface area (Å²) < 4.78 is 31.6. The minimum atomic E-state index is -1.85. The number of Topliss-reactive ketones (excluding diaryl/α,β-unsaturated/α-hetero) is 1. The SMILES string of the molecule is CC[C@H](C)[C@@H]1NC(=O)CNC(=O)C(N)Cc2c([nH]c3ccc(OC(C)=O)cc23)SCC(C(=O)NC(CC(N)=O)C(=O)N2CC(O)C[C@H]2C(=O)N[C@H](CC(=O)O)C(C)[C@H](COC(C)=O)OC(C)=O)NC(=O)CNC1=O.CC[C@H](C)[C@@H]1NC(=O)CNC(=O)C2CC(=O)[C@H](C(C)[C@H](COC(C)=O)OC(C)=O)NC(=O)[C@@H]3CC(O)CN3C(=O)C(CC(N)=O)NC(=O)C(CSc3[nH]c4ccc(OC(C)=O)cc4c3C2)NC(=O)CNC1=O. The van der Waals surface area contributed by atoms with Crippen molar-refractivity contribution < 1.29 is 159 Å². The van der Waals surface area contributed by atoms with Crippen molar-refractivity contribution in [2.24, 2.45) is 46.8 Å². The molecule has 798 valence electrons. The minimum absolute atomic E-state index is 0.0871. The molecule has 9 rings (SSSR count). The van der Waals surface area contributed by atoms with Crippen LogP contribution in [0.2, 0.25) is 0 Å². The molecule has 54 heteroatoms. The highest BCUT2D eigenvalue weighted by Crippen LogP contribution is 2.38. The van der Waals surface area contributed by atoms with E-state index in [-0.39, 0.29) is 40.9 Å². The summed E-state index contributed by atoms with van der Waals surface area (Å²) in [5.74, 6) is -26.8. The van der Waals surface area contributed by atoms with Gasteiger partial charge in [-0.3, -0.25) is 115 Å². The number of aliphatic hydroxyl groups is 2. The zero-order chi connectivity index (χ0) is 108. The Morgan fingerprint density at radius 1 is 0.514 bits per heavy atom. The highest BCUT2D eigenvalue weighted by atomic mass is 32.2. The molecule has 0 radical (unpaired) electrons. The number of carbonyl (C=O) groups excluding carboxylic acids is 23. The molecule has 52 nitrogen and oxygen atoms in total. The number of H-pyrrole nitrogens is 2. The Bertz CT molecular complexity index is 5640. The van der Waals surface area contributed by atoms with E-state index in [9.17, 15) is 126 Å². The van der Waals surface area contributed by atoms with Crippen molar-refractivity contribution in [1.82, 2.24) is 83.6 Å². The monoisotopic (exact) mass is 2090 g/mol. The molecule has 16 amide bonds. The lowest BCUT2D eigenvalue weighted by Gasteiger charge is -2.33. The van der Waals surface area contributed by atoms with Gasteiger partial charge in [-0.2, -0.15) is 0 Å². The zero-order valence-electron chi connectivity index (χ0n) is 82.2. The lowest BCUT2D eigenvalue weighted by molar-refractivity contribution is -0.161. The minimum Gasteiger partial charge on any atom is -0.481 e. The molecule has 2 aromatic carbocycles. The molecule has 2 bridgehead atoms. The van der Waals surface area contributed by atoms with Gasteiger partial charge in [0.25, 0.3) is 0 Å². The number of fused-ring (bicyclic) bond motifs is 8. The van der Waals surface area contributed by atoms with Crippen LogP contribution in [0.25, 0.3) is 21.8 Å². The number of aromatic nitrogens is 2. The molecule has 10 unspecified atom stereocenters. The summed E-state index contributed by atoms with van der Waals surface area (Å²) >= 11 is 1.89. The highest BCUT2D eigenvalue weighted by molar-refractivity contribution is 7.99. The van der Waals surface area contributed by atoms with Crippen molar-refractivity contribution in [3.8, 4) is 11.5 Å². The number of benzene rings is 2. The maximum absolute atomic E-state index is 15.1. The fraction of sp³-hybridized carbons (Fsp3) is 0.565. The van der Waals surface area contributed by atoms with E-state index in [0.29, 0.717) is 50.8 Å². The van der Waals surface area contributed by atoms with Crippen molar-refractivity contribution in [3.63, 3.8) is 0 Å². The molecule has 20 atom stereocenters. The van der Waals surface area contributed by atoms with Crippen LogP contribution in [0.15, 0.2) is 46.5 Å². The van der Waals surface area contributed by atoms with E-state index >= 15 is 4.79 Å². The Kier molecular flexibility index (Phi) is 43.2. The molecule has 7 heterocycles. The van der Waals surface area contributed by atoms with E-state index in [4.69, 9.17) is 45.6 Å². The van der Waals surface area contributed by atoms with E-state index in [1.807, 2.05) is 0 Å². The molecule has 0 spiro atoms. The normalized spacial score (nSPS) is 23.7. The average molecular weight is 2090 g/mol. The number of nitrogens with one attached hydrogen (secondary N) is 14. The maximum Gasteiger partial charge on any atom is 0.308 e. The van der Waals surface area contributed by atoms with Crippen LogP contribution in [-0.4, -0.2) is 332 Å². The molecular formula is C92H125N19O33S2. The fourth-order valence-corrected chi connectivity index (χ4v) is 19.0. The van der Waals surface area contributed by atoms with Crippen LogP contribution in [0.3, 0.4) is 0 Å². The van der Waals surface area contributed by atoms with E-state index in [0.717, 1.165) is 61.0 Å². The first kappa shape index (κ1) is 117. The topological polar surface area (TPSA) is 786 Å². The quantitative estimate of drug-likeness (QED) is 0.0150. The maximum atomic E-state index is 15.1. The van der Waals surface area contributed by atoms with Crippen LogP contribution in [0.4, 0.5) is 0 Å². The third-order valence-corrected chi connectivity index (χ3v) is 26.9. The number of carboxylic acid groups (broad SMARTS) is 1. The molecule has 2 aromatic heterocycles. The van der Waals surface area contributed by atoms with Crippen LogP contribution in [0.1, 0.15) is 146 Å². The third-order valence-electron chi connectivity index (χ3n) is 24.6. The molecule has 146 heavy (non-hydrogen) atoms. The standard InChI is InChI=1S/C46H64N10O17S.C46H61N9O16S/c1-7-20(2)40-44(69)50-15-37(62)51-33(19-74-45-28(12-29(47)41(66)49-16-38(63)55-40)27-11-26(72-23(5)58)8-9-30(27)54-45)42(67)53-32(13-36(48)61)46(70)56-17-25(60)10-34(56)43(68)52-31(14-39(64)65)21(3)35(73-24(6)59)18-71-22(4)57;1-7-20(2)39-44(67)49-15-37(62)50-32-19-72-45-29(28-13-27(70-23(5)57)8-9-30(28)52-45)10-25(41(64)48-16-38(63)53-39)11-34(60)40(21(3)35(71-24(6)58)18-69-22(4)56)54-43(66)33-12-26(59)17-55(33)46(68)31(14-36(47)61)51-42(32)65/h8-9,11,20-21,25,29,31-35,40,54,60H,7,10,12-19,47H2,1-6H3,(H2,48,61)(H,49,66)(H,50,69)(H,51,62)(H,52,68)(H,53,67)(H,55,63)(H,64,65);8-9,13,20-21,25-26,31-33,35,39-40,52,59H,7,10-12,14-19H2,1-6H3,(H2,47,61)(H,48,64)(H,49,67)(H,50,62)(H,51,65)(H,53,63)(H,54,66)/t20-,21?,25?,29?,31+,32?,33?,34-,35-,40-;20-,21?,25?,26?,31?,32?,33-,35-,39-,40-/m00/s1. The summed E-state index contributed by atoms with van der Waals surface area (Å²) in [6.45, 7) is 11.6. The van der Waals surface area contributed by atoms with Crippen LogP contribution < -0.4 is 90.5 Å². The number of aliphatic carboxylic acids is 1. The molecule has 5 aliphatic rings. The van der Waals surface area contributed by atoms with Gasteiger partial charge in [-0.15, -0.1) is 23.5 Å². The molecular weight excluding hydrogens is 1960 g/mol. The average Bonchev–Trinajstić information content (AvgIpc) is 1.63. The summed E-state index contributed by atoms with van der Waals surface area (Å²) in [6, 6.07) is -7.51. The second kappa shape index (κ2) is 54.0. The number of thioether (sulfide) groups is 2. The lowest BCUT2D eigenvalue weighted by Crippen LogP contribution is -2.60. The number of ketones is 1. The Morgan fingerprint density at radius 3 is 1.51 bits per heavy atom. The Labute approximate surface area is 843 Å². The van der Waals surface area contributed by atoms with Crippen LogP contribution >= 0.6 is 23.5 Å². The van der Waals surface area contributed by atoms with Gasteiger partial charge in [0, 0.05) is 131 Å². The zero-order valence-corrected chi connectivity index (χ0v) is 83.8. The number of likely N-dealkylation sites (tertiary alicyclic amines) is 1. The van der Waals surface area contributed by atoms with Gasteiger partial charge >= 0.3 is 41.8 Å². The Hall–Kier alpha value is -14.4. The van der Waals surface area contributed by atoms with Gasteiger partial charge in [0.2, 0.25) is 94.5 Å². The highest BCUT2D eigenvalue weighted by Gasteiger charge is 2.49. The number of hydrogen-bond donors (Lipinski definition) is 20. The Balaban J connectivity index is 0.000000356. The number of rotatable bonds is 27. The predicted octanol–water partition coefficient (Wildman–Crippen LogP) is -5.75. The number of β-amino-alcohol motifs (C(OH)–C–C–N with tert-alkyl or cyclic N) is 1. The molecule has 0 saturated carbocycles. The van der Waals surface area contributed by atoms with Gasteiger partial charge in [-0.05, 0) is 72.2 Å². The van der Waals surface area contributed by atoms with Gasteiger partial charge in [-0.25, -0.2) is 0 Å². The smallest absolute Gasteiger partial charge is 0.308 e. The van der Waals surface area contributed by atoms with Crippen LogP contribution in [0.5, 0.6) is 11.5 Å². The molecule has 2 fully saturated rings. The number of nitrogens with two attached hydrogens (primary N) is 3. The molecule has 0 aliphatic carbocycles. The number of nitrogens with zero attached hydrogens (tertiary/aromatic N) is 2. The number of primary amides is 2. The van der Waals surface area contributed by atoms with Crippen molar-refractivity contribution in [1.29, 1.82) is 0 Å². The van der Waals surface area contributed by atoms with E-state index in [2.05, 4.69) is 73.8 Å².